The Bertz CT molecular complexity index is 1070. The molecule has 3 N–H and O–H groups in total. The first-order valence-corrected chi connectivity index (χ1v) is 14.6. The summed E-state index contributed by atoms with van der Waals surface area (Å²) < 4.78 is 11.0. The van der Waals surface area contributed by atoms with Gasteiger partial charge < -0.3 is 15.1 Å². The number of unbranched alkanes of at least 4 members (excludes halogenated alkanes) is 5. The maximum absolute atomic E-state index is 11.0. The normalized spacial score (nSPS) is 11.6. The first-order chi connectivity index (χ1) is 17.0. The SMILES string of the molecule is CCCCCCCCc1ccc(-c2ccc(CNCCCP(=O)(O)O)cc2-c2ccccc2)cn1. The molecule has 0 saturated carbocycles. The van der Waals surface area contributed by atoms with Gasteiger partial charge in [-0.2, -0.15) is 0 Å². The predicted molar refractivity (Wildman–Crippen MR) is 145 cm³/mol. The Balaban J connectivity index is 1.67. The molecule has 2 aromatic carbocycles. The molecule has 0 radical (unpaired) electrons. The summed E-state index contributed by atoms with van der Waals surface area (Å²) in [6, 6.07) is 21.2. The van der Waals surface area contributed by atoms with Crippen molar-refractivity contribution in [3.8, 4) is 22.3 Å². The van der Waals surface area contributed by atoms with E-state index in [2.05, 4.69) is 54.7 Å². The van der Waals surface area contributed by atoms with E-state index >= 15 is 0 Å². The highest BCUT2D eigenvalue weighted by Crippen LogP contribution is 2.35. The van der Waals surface area contributed by atoms with E-state index in [0.29, 0.717) is 19.5 Å². The van der Waals surface area contributed by atoms with Crippen molar-refractivity contribution in [1.29, 1.82) is 0 Å². The summed E-state index contributed by atoms with van der Waals surface area (Å²) in [6.07, 6.45) is 11.1. The average Bonchev–Trinajstić information content (AvgIpc) is 2.86. The van der Waals surface area contributed by atoms with Gasteiger partial charge >= 0.3 is 7.60 Å². The Kier molecular flexibility index (Phi) is 11.2. The van der Waals surface area contributed by atoms with Crippen LogP contribution in [-0.4, -0.2) is 27.5 Å². The van der Waals surface area contributed by atoms with Gasteiger partial charge in [0.25, 0.3) is 0 Å². The zero-order valence-corrected chi connectivity index (χ0v) is 21.7. The van der Waals surface area contributed by atoms with E-state index in [-0.39, 0.29) is 6.16 Å². The van der Waals surface area contributed by atoms with Gasteiger partial charge in [0, 0.05) is 24.0 Å². The van der Waals surface area contributed by atoms with Crippen LogP contribution in [0.15, 0.2) is 66.9 Å². The second-order valence-electron chi connectivity index (χ2n) is 9.22. The molecule has 0 aliphatic carbocycles. The minimum atomic E-state index is -3.93. The Hall–Kier alpha value is -2.30. The zero-order chi connectivity index (χ0) is 24.9. The first kappa shape index (κ1) is 27.3. The number of rotatable bonds is 15. The van der Waals surface area contributed by atoms with Crippen LogP contribution in [0.3, 0.4) is 0 Å². The molecule has 0 fully saturated rings. The molecule has 1 aromatic heterocycles. The van der Waals surface area contributed by atoms with E-state index in [9.17, 15) is 4.57 Å². The lowest BCUT2D eigenvalue weighted by molar-refractivity contribution is 0.371. The molecule has 0 unspecified atom stereocenters. The molecule has 0 bridgehead atoms. The molecule has 0 aliphatic heterocycles. The third-order valence-corrected chi connectivity index (χ3v) is 7.12. The minimum Gasteiger partial charge on any atom is -0.324 e. The van der Waals surface area contributed by atoms with E-state index in [1.807, 2.05) is 24.4 Å². The summed E-state index contributed by atoms with van der Waals surface area (Å²) >= 11 is 0. The minimum absolute atomic E-state index is 0.0872. The number of hydrogen-bond donors (Lipinski definition) is 3. The lowest BCUT2D eigenvalue weighted by Crippen LogP contribution is -2.15. The maximum Gasteiger partial charge on any atom is 0.325 e. The smallest absolute Gasteiger partial charge is 0.324 e. The number of pyridine rings is 1. The molecule has 0 spiro atoms. The van der Waals surface area contributed by atoms with Crippen molar-refractivity contribution in [1.82, 2.24) is 10.3 Å². The summed E-state index contributed by atoms with van der Waals surface area (Å²) in [5, 5.41) is 3.30. The molecule has 3 rings (SSSR count). The summed E-state index contributed by atoms with van der Waals surface area (Å²) in [6.45, 7) is 3.46. The highest BCUT2D eigenvalue weighted by molar-refractivity contribution is 7.51. The number of aryl methyl sites for hydroxylation is 1. The average molecular weight is 495 g/mol. The van der Waals surface area contributed by atoms with Gasteiger partial charge in [-0.25, -0.2) is 0 Å². The van der Waals surface area contributed by atoms with Crippen LogP contribution < -0.4 is 5.32 Å². The van der Waals surface area contributed by atoms with E-state index in [1.54, 1.807) is 0 Å². The molecule has 3 aromatic rings. The van der Waals surface area contributed by atoms with Gasteiger partial charge in [-0.05, 0) is 60.2 Å². The van der Waals surface area contributed by atoms with Gasteiger partial charge in [0.15, 0.2) is 0 Å². The molecular formula is C29H39N2O3P. The van der Waals surface area contributed by atoms with Gasteiger partial charge in [0.2, 0.25) is 0 Å². The van der Waals surface area contributed by atoms with Crippen molar-refractivity contribution in [2.24, 2.45) is 0 Å². The first-order valence-electron chi connectivity index (χ1n) is 12.9. The van der Waals surface area contributed by atoms with Crippen LogP contribution in [0, 0.1) is 0 Å². The molecule has 0 saturated heterocycles. The Morgan fingerprint density at radius 3 is 2.31 bits per heavy atom. The van der Waals surface area contributed by atoms with Gasteiger partial charge in [-0.3, -0.25) is 9.55 Å². The summed E-state index contributed by atoms with van der Waals surface area (Å²) in [7, 11) is -3.93. The van der Waals surface area contributed by atoms with Crippen molar-refractivity contribution in [3.05, 3.63) is 78.1 Å². The number of hydrogen-bond acceptors (Lipinski definition) is 3. The van der Waals surface area contributed by atoms with Crippen molar-refractivity contribution in [2.45, 2.75) is 64.8 Å². The van der Waals surface area contributed by atoms with Crippen molar-refractivity contribution in [2.75, 3.05) is 12.7 Å². The van der Waals surface area contributed by atoms with Crippen molar-refractivity contribution >= 4 is 7.60 Å². The second-order valence-corrected chi connectivity index (χ2v) is 11.0. The van der Waals surface area contributed by atoms with Crippen LogP contribution in [0.25, 0.3) is 22.3 Å². The van der Waals surface area contributed by atoms with Crippen LogP contribution in [-0.2, 0) is 17.5 Å². The zero-order valence-electron chi connectivity index (χ0n) is 20.8. The Morgan fingerprint density at radius 1 is 0.829 bits per heavy atom. The molecule has 0 amide bonds. The largest absolute Gasteiger partial charge is 0.325 e. The van der Waals surface area contributed by atoms with Crippen LogP contribution in [0.1, 0.15) is 63.1 Å². The molecule has 188 valence electrons. The standard InChI is InChI=1S/C29H39N2O3P/c1-2-3-4-5-6-10-14-27-17-16-26(23-31-27)28-18-15-24(22-30-19-11-20-35(32,33)34)21-29(28)25-12-8-7-9-13-25/h7-9,12-13,15-18,21,23,30H,2-6,10-11,14,19-20,22H2,1H3,(H2,32,33,34). The third-order valence-electron chi connectivity index (χ3n) is 6.22. The molecule has 0 atom stereocenters. The lowest BCUT2D eigenvalue weighted by atomic mass is 9.93. The summed E-state index contributed by atoms with van der Waals surface area (Å²) in [5.41, 5.74) is 6.86. The van der Waals surface area contributed by atoms with Gasteiger partial charge in [0.1, 0.15) is 0 Å². The van der Waals surface area contributed by atoms with Crippen LogP contribution >= 0.6 is 7.60 Å². The molecule has 5 nitrogen and oxygen atoms in total. The number of benzene rings is 2. The van der Waals surface area contributed by atoms with E-state index in [0.717, 1.165) is 39.9 Å². The molecule has 35 heavy (non-hydrogen) atoms. The number of nitrogens with zero attached hydrogens (tertiary/aromatic N) is 1. The fraction of sp³-hybridized carbons (Fsp3) is 0.414. The number of aromatic nitrogens is 1. The van der Waals surface area contributed by atoms with Crippen LogP contribution in [0.2, 0.25) is 0 Å². The van der Waals surface area contributed by atoms with Crippen LogP contribution in [0.4, 0.5) is 0 Å². The van der Waals surface area contributed by atoms with Crippen molar-refractivity contribution < 1.29 is 14.4 Å². The quantitative estimate of drug-likeness (QED) is 0.157. The van der Waals surface area contributed by atoms with Crippen LogP contribution in [0.5, 0.6) is 0 Å². The molecule has 6 heteroatoms. The lowest BCUT2D eigenvalue weighted by Gasteiger charge is -2.14. The topological polar surface area (TPSA) is 82.5 Å². The fourth-order valence-electron chi connectivity index (χ4n) is 4.27. The van der Waals surface area contributed by atoms with Gasteiger partial charge in [-0.1, -0.05) is 87.6 Å². The van der Waals surface area contributed by atoms with E-state index < -0.39 is 7.60 Å². The second kappa shape index (κ2) is 14.3. The van der Waals surface area contributed by atoms with Gasteiger partial charge in [-0.15, -0.1) is 0 Å². The van der Waals surface area contributed by atoms with Gasteiger partial charge in [0.05, 0.1) is 6.16 Å². The highest BCUT2D eigenvalue weighted by atomic mass is 31.2. The molecular weight excluding hydrogens is 455 g/mol. The third kappa shape index (κ3) is 9.70. The monoisotopic (exact) mass is 494 g/mol. The summed E-state index contributed by atoms with van der Waals surface area (Å²) in [4.78, 5) is 22.8. The number of nitrogens with one attached hydrogen (secondary N) is 1. The van der Waals surface area contributed by atoms with E-state index in [1.165, 1.54) is 38.5 Å². The predicted octanol–water partition coefficient (Wildman–Crippen LogP) is 6.98. The maximum atomic E-state index is 11.0. The van der Waals surface area contributed by atoms with E-state index in [4.69, 9.17) is 14.8 Å². The Labute approximate surface area is 210 Å². The molecule has 0 aliphatic rings. The fourth-order valence-corrected chi connectivity index (χ4v) is 4.84. The Morgan fingerprint density at radius 2 is 1.60 bits per heavy atom. The summed E-state index contributed by atoms with van der Waals surface area (Å²) in [5.74, 6) is 0. The molecule has 1 heterocycles. The van der Waals surface area contributed by atoms with Crippen molar-refractivity contribution in [3.63, 3.8) is 0 Å². The highest BCUT2D eigenvalue weighted by Gasteiger charge is 2.12.